The predicted molar refractivity (Wildman–Crippen MR) is 103 cm³/mol. The van der Waals surface area contributed by atoms with Crippen molar-refractivity contribution in [2.45, 2.75) is 20.1 Å². The lowest BCUT2D eigenvalue weighted by molar-refractivity contribution is -0.134. The minimum Gasteiger partial charge on any atom is -0.481 e. The van der Waals surface area contributed by atoms with Crippen molar-refractivity contribution >= 4 is 11.7 Å². The van der Waals surface area contributed by atoms with E-state index in [2.05, 4.69) is 16.0 Å². The molecule has 1 aliphatic rings. The fraction of sp³-hybridized carbons (Fsp3) is 0.143. The van der Waals surface area contributed by atoms with E-state index in [9.17, 15) is 10.4 Å². The van der Waals surface area contributed by atoms with Gasteiger partial charge in [-0.2, -0.15) is 5.26 Å². The van der Waals surface area contributed by atoms with Crippen molar-refractivity contribution in [1.29, 1.82) is 5.26 Å². The molecular formula is C21H18N4O3. The van der Waals surface area contributed by atoms with Gasteiger partial charge in [-0.3, -0.25) is 9.36 Å². The number of rotatable bonds is 1. The highest BCUT2D eigenvalue weighted by molar-refractivity contribution is 6.15. The SMILES string of the molecule is CC(=O)O.Cc1cnc2n1-c1ccc(C#N)cc1C(c1ccccc1)=NC2O. The molecule has 2 N–H and O–H groups in total. The van der Waals surface area contributed by atoms with Gasteiger partial charge in [0.15, 0.2) is 5.82 Å². The molecule has 0 bridgehead atoms. The zero-order valence-corrected chi connectivity index (χ0v) is 15.4. The zero-order valence-electron chi connectivity index (χ0n) is 15.4. The summed E-state index contributed by atoms with van der Waals surface area (Å²) in [6.45, 7) is 3.01. The standard InChI is InChI=1S/C19H14N4O.C2H4O2/c1-12-11-21-18-19(24)22-17(14-5-3-2-4-6-14)15-9-13(10-20)7-8-16(15)23(12)18;1-2(3)4/h2-9,11,19,24H,1H3;1H3,(H,3,4). The Labute approximate surface area is 161 Å². The molecule has 140 valence electrons. The van der Waals surface area contributed by atoms with E-state index in [0.717, 1.165) is 29.4 Å². The molecule has 7 nitrogen and oxygen atoms in total. The number of aliphatic hydroxyl groups is 1. The highest BCUT2D eigenvalue weighted by atomic mass is 16.4. The smallest absolute Gasteiger partial charge is 0.300 e. The van der Waals surface area contributed by atoms with Gasteiger partial charge in [-0.1, -0.05) is 30.3 Å². The molecule has 0 aliphatic carbocycles. The van der Waals surface area contributed by atoms with Crippen LogP contribution in [0.25, 0.3) is 5.69 Å². The highest BCUT2D eigenvalue weighted by Gasteiger charge is 2.25. The lowest BCUT2D eigenvalue weighted by Crippen LogP contribution is -2.08. The summed E-state index contributed by atoms with van der Waals surface area (Å²) < 4.78 is 1.89. The monoisotopic (exact) mass is 374 g/mol. The maximum atomic E-state index is 10.5. The number of aliphatic imine (C=N–C) groups is 1. The number of benzene rings is 2. The number of fused-ring (bicyclic) bond motifs is 3. The number of carboxylic acids is 1. The Kier molecular flexibility index (Phi) is 5.34. The number of nitrogens with zero attached hydrogens (tertiary/aromatic N) is 4. The number of hydrogen-bond donors (Lipinski definition) is 2. The average Bonchev–Trinajstić information content (AvgIpc) is 3.01. The lowest BCUT2D eigenvalue weighted by atomic mass is 9.98. The van der Waals surface area contributed by atoms with Crippen molar-refractivity contribution in [3.05, 3.63) is 82.9 Å². The third-order valence-corrected chi connectivity index (χ3v) is 4.12. The molecule has 0 radical (unpaired) electrons. The second-order valence-electron chi connectivity index (χ2n) is 6.17. The molecule has 1 aliphatic heterocycles. The van der Waals surface area contributed by atoms with Crippen LogP contribution in [0, 0.1) is 18.3 Å². The van der Waals surface area contributed by atoms with Crippen LogP contribution < -0.4 is 0 Å². The fourth-order valence-corrected chi connectivity index (χ4v) is 3.02. The Morgan fingerprint density at radius 3 is 2.54 bits per heavy atom. The van der Waals surface area contributed by atoms with Crippen LogP contribution in [0.3, 0.4) is 0 Å². The number of aliphatic carboxylic acids is 1. The molecule has 7 heteroatoms. The largest absolute Gasteiger partial charge is 0.481 e. The van der Waals surface area contributed by atoms with E-state index in [1.165, 1.54) is 0 Å². The molecule has 2 aromatic carbocycles. The number of carboxylic acid groups (broad SMARTS) is 1. The van der Waals surface area contributed by atoms with Crippen LogP contribution in [0.1, 0.15) is 41.4 Å². The average molecular weight is 374 g/mol. The number of aryl methyl sites for hydroxylation is 1. The van der Waals surface area contributed by atoms with Crippen LogP contribution in [0.5, 0.6) is 0 Å². The Bertz CT molecular complexity index is 1090. The van der Waals surface area contributed by atoms with Gasteiger partial charge in [-0.05, 0) is 25.1 Å². The summed E-state index contributed by atoms with van der Waals surface area (Å²) in [5.41, 5.74) is 4.65. The summed E-state index contributed by atoms with van der Waals surface area (Å²) in [6.07, 6.45) is 0.649. The summed E-state index contributed by atoms with van der Waals surface area (Å²) in [5.74, 6) is -0.357. The molecular weight excluding hydrogens is 356 g/mol. The molecule has 1 atom stereocenters. The molecule has 0 amide bonds. The predicted octanol–water partition coefficient (Wildman–Crippen LogP) is 2.99. The molecule has 2 heterocycles. The van der Waals surface area contributed by atoms with E-state index in [-0.39, 0.29) is 0 Å². The topological polar surface area (TPSA) is 112 Å². The Morgan fingerprint density at radius 1 is 1.21 bits per heavy atom. The first-order chi connectivity index (χ1) is 13.4. The van der Waals surface area contributed by atoms with Crippen molar-refractivity contribution in [1.82, 2.24) is 9.55 Å². The molecule has 0 spiro atoms. The van der Waals surface area contributed by atoms with Crippen LogP contribution in [-0.2, 0) is 4.79 Å². The Balaban J connectivity index is 0.000000516. The molecule has 0 saturated heterocycles. The zero-order chi connectivity index (χ0) is 20.3. The van der Waals surface area contributed by atoms with E-state index in [4.69, 9.17) is 9.90 Å². The summed E-state index contributed by atoms with van der Waals surface area (Å²) in [5, 5.41) is 27.2. The van der Waals surface area contributed by atoms with Gasteiger partial charge in [0.05, 0.1) is 23.0 Å². The van der Waals surface area contributed by atoms with Crippen molar-refractivity contribution in [3.63, 3.8) is 0 Å². The number of imidazole rings is 1. The Morgan fingerprint density at radius 2 is 1.89 bits per heavy atom. The van der Waals surface area contributed by atoms with Crippen LogP contribution in [0.2, 0.25) is 0 Å². The molecule has 1 aromatic heterocycles. The van der Waals surface area contributed by atoms with Gasteiger partial charge in [0, 0.05) is 29.9 Å². The van der Waals surface area contributed by atoms with E-state index in [1.807, 2.05) is 54.0 Å². The molecule has 28 heavy (non-hydrogen) atoms. The van der Waals surface area contributed by atoms with Gasteiger partial charge in [-0.15, -0.1) is 0 Å². The van der Waals surface area contributed by atoms with Crippen LogP contribution >= 0.6 is 0 Å². The minimum absolute atomic E-state index is 0.476. The van der Waals surface area contributed by atoms with Crippen molar-refractivity contribution in [2.24, 2.45) is 4.99 Å². The van der Waals surface area contributed by atoms with Crippen molar-refractivity contribution in [2.75, 3.05) is 0 Å². The summed E-state index contributed by atoms with van der Waals surface area (Å²) in [4.78, 5) is 17.8. The molecule has 0 saturated carbocycles. The molecule has 0 fully saturated rings. The first-order valence-corrected chi connectivity index (χ1v) is 8.52. The maximum absolute atomic E-state index is 10.5. The van der Waals surface area contributed by atoms with Crippen molar-refractivity contribution in [3.8, 4) is 11.8 Å². The van der Waals surface area contributed by atoms with Crippen LogP contribution in [-0.4, -0.2) is 31.4 Å². The number of nitriles is 1. The lowest BCUT2D eigenvalue weighted by Gasteiger charge is -2.13. The van der Waals surface area contributed by atoms with Gasteiger partial charge in [-0.25, -0.2) is 9.98 Å². The number of hydrogen-bond acceptors (Lipinski definition) is 5. The van der Waals surface area contributed by atoms with Crippen LogP contribution in [0.4, 0.5) is 0 Å². The molecule has 3 aromatic rings. The van der Waals surface area contributed by atoms with Gasteiger partial charge < -0.3 is 10.2 Å². The highest BCUT2D eigenvalue weighted by Crippen LogP contribution is 2.30. The second-order valence-corrected chi connectivity index (χ2v) is 6.17. The van der Waals surface area contributed by atoms with Gasteiger partial charge in [0.25, 0.3) is 5.97 Å². The first-order valence-electron chi connectivity index (χ1n) is 8.52. The van der Waals surface area contributed by atoms with E-state index in [0.29, 0.717) is 17.1 Å². The van der Waals surface area contributed by atoms with E-state index in [1.54, 1.807) is 12.3 Å². The third kappa shape index (κ3) is 3.68. The Hall–Kier alpha value is -3.76. The van der Waals surface area contributed by atoms with Gasteiger partial charge in [0.1, 0.15) is 0 Å². The second kappa shape index (κ2) is 7.86. The maximum Gasteiger partial charge on any atom is 0.300 e. The normalized spacial score (nSPS) is 14.4. The third-order valence-electron chi connectivity index (χ3n) is 4.12. The van der Waals surface area contributed by atoms with E-state index >= 15 is 0 Å². The van der Waals surface area contributed by atoms with Gasteiger partial charge >= 0.3 is 0 Å². The summed E-state index contributed by atoms with van der Waals surface area (Å²) >= 11 is 0. The summed E-state index contributed by atoms with van der Waals surface area (Å²) in [6, 6.07) is 17.3. The van der Waals surface area contributed by atoms with Gasteiger partial charge in [0.2, 0.25) is 6.23 Å². The van der Waals surface area contributed by atoms with E-state index < -0.39 is 12.2 Å². The van der Waals surface area contributed by atoms with Crippen molar-refractivity contribution < 1.29 is 15.0 Å². The van der Waals surface area contributed by atoms with Crippen LogP contribution in [0.15, 0.2) is 59.7 Å². The first kappa shape index (κ1) is 19.0. The minimum atomic E-state index is -1.06. The molecule has 1 unspecified atom stereocenters. The quantitative estimate of drug-likeness (QED) is 0.680. The molecule has 4 rings (SSSR count). The summed E-state index contributed by atoms with van der Waals surface area (Å²) in [7, 11) is 0. The fourth-order valence-electron chi connectivity index (χ4n) is 3.02. The number of carbonyl (C=O) groups is 1. The number of aliphatic hydroxyl groups excluding tert-OH is 1. The number of aromatic nitrogens is 2.